The molecule has 0 aliphatic rings. The summed E-state index contributed by atoms with van der Waals surface area (Å²) in [5.41, 5.74) is 9.83. The Morgan fingerprint density at radius 3 is 2.54 bits per heavy atom. The fourth-order valence-electron chi connectivity index (χ4n) is 2.75. The van der Waals surface area contributed by atoms with E-state index in [0.29, 0.717) is 34.9 Å². The normalized spacial score (nSPS) is 10.0. The highest BCUT2D eigenvalue weighted by molar-refractivity contribution is 5.85. The van der Waals surface area contributed by atoms with Gasteiger partial charge in [-0.25, -0.2) is 4.68 Å². The lowest BCUT2D eigenvalue weighted by Crippen LogP contribution is -2.08. The third-order valence-electron chi connectivity index (χ3n) is 4.02. The van der Waals surface area contributed by atoms with Crippen molar-refractivity contribution in [2.24, 2.45) is 0 Å². The minimum absolute atomic E-state index is 0. The molecular weight excluding hydrogens is 350 g/mol. The first-order chi connectivity index (χ1) is 12.0. The third-order valence-corrected chi connectivity index (χ3v) is 4.02. The molecule has 0 spiro atoms. The molecule has 1 heterocycles. The second kappa shape index (κ2) is 7.81. The standard InChI is InChI=1S/C19H19N5O.ClH/c1-12-8-14(9-17(21)18(12)25)11-22-19-16(10-20)13(2)23-24(19)15-6-4-3-5-7-15;/h3-9,22,25H,11,21H2,1-2H3;1H. The molecule has 0 unspecified atom stereocenters. The fourth-order valence-corrected chi connectivity index (χ4v) is 2.75. The first-order valence-corrected chi connectivity index (χ1v) is 7.88. The fraction of sp³-hybridized carbons (Fsp3) is 0.158. The minimum Gasteiger partial charge on any atom is -0.506 e. The quantitative estimate of drug-likeness (QED) is 0.481. The van der Waals surface area contributed by atoms with Crippen molar-refractivity contribution >= 4 is 23.9 Å². The smallest absolute Gasteiger partial charge is 0.148 e. The van der Waals surface area contributed by atoms with Gasteiger partial charge in [0.1, 0.15) is 23.2 Å². The van der Waals surface area contributed by atoms with Crippen LogP contribution in [0.5, 0.6) is 5.75 Å². The van der Waals surface area contributed by atoms with Crippen molar-refractivity contribution in [3.63, 3.8) is 0 Å². The van der Waals surface area contributed by atoms with E-state index in [0.717, 1.165) is 11.3 Å². The van der Waals surface area contributed by atoms with Crippen LogP contribution in [0.4, 0.5) is 11.5 Å². The number of phenols is 1. The molecule has 7 heteroatoms. The summed E-state index contributed by atoms with van der Waals surface area (Å²) in [5, 5.41) is 27.0. The molecule has 0 fully saturated rings. The number of hydrogen-bond acceptors (Lipinski definition) is 5. The first-order valence-electron chi connectivity index (χ1n) is 7.88. The maximum Gasteiger partial charge on any atom is 0.148 e. The van der Waals surface area contributed by atoms with Gasteiger partial charge in [0.05, 0.1) is 17.1 Å². The number of aryl methyl sites for hydroxylation is 2. The van der Waals surface area contributed by atoms with Gasteiger partial charge in [0.15, 0.2) is 0 Å². The van der Waals surface area contributed by atoms with Crippen LogP contribution in [0.3, 0.4) is 0 Å². The topological polar surface area (TPSA) is 99.9 Å². The van der Waals surface area contributed by atoms with Crippen LogP contribution in [0.15, 0.2) is 42.5 Å². The van der Waals surface area contributed by atoms with Gasteiger partial charge in [0.2, 0.25) is 0 Å². The van der Waals surface area contributed by atoms with E-state index in [4.69, 9.17) is 5.73 Å². The summed E-state index contributed by atoms with van der Waals surface area (Å²) in [6, 6.07) is 15.4. The lowest BCUT2D eigenvalue weighted by atomic mass is 10.1. The van der Waals surface area contributed by atoms with E-state index in [-0.39, 0.29) is 18.2 Å². The van der Waals surface area contributed by atoms with E-state index in [1.165, 1.54) is 0 Å². The lowest BCUT2D eigenvalue weighted by Gasteiger charge is -2.12. The van der Waals surface area contributed by atoms with Crippen molar-refractivity contribution in [1.29, 1.82) is 5.26 Å². The summed E-state index contributed by atoms with van der Waals surface area (Å²) in [7, 11) is 0. The molecule has 3 rings (SSSR count). The number of nitrogens with two attached hydrogens (primary N) is 1. The molecule has 0 aliphatic heterocycles. The molecule has 1 aromatic heterocycles. The highest BCUT2D eigenvalue weighted by Gasteiger charge is 2.16. The summed E-state index contributed by atoms with van der Waals surface area (Å²) < 4.78 is 1.73. The van der Waals surface area contributed by atoms with E-state index < -0.39 is 0 Å². The number of hydrogen-bond donors (Lipinski definition) is 3. The predicted octanol–water partition coefficient (Wildman–Crippen LogP) is 3.68. The number of nitrogens with one attached hydrogen (secondary N) is 1. The number of nitrogens with zero attached hydrogens (tertiary/aromatic N) is 3. The number of benzene rings is 2. The van der Waals surface area contributed by atoms with Crippen molar-refractivity contribution in [2.45, 2.75) is 20.4 Å². The Morgan fingerprint density at radius 2 is 1.92 bits per heavy atom. The maximum atomic E-state index is 9.79. The Morgan fingerprint density at radius 1 is 1.23 bits per heavy atom. The average Bonchev–Trinajstić information content (AvgIpc) is 2.94. The zero-order valence-electron chi connectivity index (χ0n) is 14.5. The van der Waals surface area contributed by atoms with Crippen LogP contribution >= 0.6 is 12.4 Å². The zero-order valence-corrected chi connectivity index (χ0v) is 15.3. The highest BCUT2D eigenvalue weighted by atomic mass is 35.5. The van der Waals surface area contributed by atoms with E-state index in [1.807, 2.05) is 43.3 Å². The second-order valence-electron chi connectivity index (χ2n) is 5.87. The molecule has 4 N–H and O–H groups in total. The number of aromatic hydroxyl groups is 1. The van der Waals surface area contributed by atoms with Gasteiger partial charge in [0, 0.05) is 6.54 Å². The van der Waals surface area contributed by atoms with E-state index in [2.05, 4.69) is 16.5 Å². The second-order valence-corrected chi connectivity index (χ2v) is 5.87. The van der Waals surface area contributed by atoms with Crippen LogP contribution in [0, 0.1) is 25.2 Å². The summed E-state index contributed by atoms with van der Waals surface area (Å²) >= 11 is 0. The summed E-state index contributed by atoms with van der Waals surface area (Å²) in [5.74, 6) is 0.738. The van der Waals surface area contributed by atoms with Gasteiger partial charge in [-0.15, -0.1) is 12.4 Å². The van der Waals surface area contributed by atoms with Gasteiger partial charge in [-0.3, -0.25) is 0 Å². The average molecular weight is 370 g/mol. The largest absolute Gasteiger partial charge is 0.506 e. The predicted molar refractivity (Wildman–Crippen MR) is 105 cm³/mol. The molecule has 0 radical (unpaired) electrons. The molecule has 0 saturated carbocycles. The number of anilines is 2. The molecule has 0 saturated heterocycles. The van der Waals surface area contributed by atoms with Gasteiger partial charge in [-0.2, -0.15) is 10.4 Å². The molecule has 3 aromatic rings. The van der Waals surface area contributed by atoms with E-state index >= 15 is 0 Å². The Hall–Kier alpha value is -3.17. The Kier molecular flexibility index (Phi) is 5.75. The van der Waals surface area contributed by atoms with Crippen LogP contribution in [0.1, 0.15) is 22.4 Å². The Labute approximate surface area is 158 Å². The summed E-state index contributed by atoms with van der Waals surface area (Å²) in [6.45, 7) is 4.07. The summed E-state index contributed by atoms with van der Waals surface area (Å²) in [4.78, 5) is 0. The molecule has 134 valence electrons. The van der Waals surface area contributed by atoms with Gasteiger partial charge < -0.3 is 16.2 Å². The molecule has 2 aromatic carbocycles. The zero-order chi connectivity index (χ0) is 18.0. The number of halogens is 1. The highest BCUT2D eigenvalue weighted by Crippen LogP contribution is 2.27. The molecule has 0 aliphatic carbocycles. The number of para-hydroxylation sites is 1. The molecule has 0 amide bonds. The Bertz CT molecular complexity index is 937. The van der Waals surface area contributed by atoms with Crippen LogP contribution < -0.4 is 11.1 Å². The van der Waals surface area contributed by atoms with Crippen LogP contribution in [-0.2, 0) is 6.54 Å². The molecule has 0 bridgehead atoms. The van der Waals surface area contributed by atoms with Crippen molar-refractivity contribution in [1.82, 2.24) is 9.78 Å². The third kappa shape index (κ3) is 3.58. The summed E-state index contributed by atoms with van der Waals surface area (Å²) in [6.07, 6.45) is 0. The van der Waals surface area contributed by atoms with Gasteiger partial charge in [-0.05, 0) is 43.2 Å². The number of nitriles is 1. The lowest BCUT2D eigenvalue weighted by molar-refractivity contribution is 0.473. The number of rotatable bonds is 4. The van der Waals surface area contributed by atoms with Crippen molar-refractivity contribution in [3.8, 4) is 17.5 Å². The Balaban J connectivity index is 0.00000243. The van der Waals surface area contributed by atoms with Crippen molar-refractivity contribution in [2.75, 3.05) is 11.1 Å². The SMILES string of the molecule is Cc1cc(CNc2c(C#N)c(C)nn2-c2ccccc2)cc(N)c1O.Cl. The van der Waals surface area contributed by atoms with Gasteiger partial charge in [0.25, 0.3) is 0 Å². The molecule has 26 heavy (non-hydrogen) atoms. The monoisotopic (exact) mass is 369 g/mol. The van der Waals surface area contributed by atoms with Crippen LogP contribution in [-0.4, -0.2) is 14.9 Å². The van der Waals surface area contributed by atoms with Crippen molar-refractivity contribution in [3.05, 3.63) is 64.8 Å². The van der Waals surface area contributed by atoms with E-state index in [9.17, 15) is 10.4 Å². The minimum atomic E-state index is 0. The molecule has 6 nitrogen and oxygen atoms in total. The molecule has 0 atom stereocenters. The first kappa shape index (κ1) is 19.2. The number of nitrogen functional groups attached to an aromatic ring is 1. The van der Waals surface area contributed by atoms with E-state index in [1.54, 1.807) is 17.7 Å². The van der Waals surface area contributed by atoms with Crippen LogP contribution in [0.25, 0.3) is 5.69 Å². The van der Waals surface area contributed by atoms with Gasteiger partial charge >= 0.3 is 0 Å². The van der Waals surface area contributed by atoms with Crippen LogP contribution in [0.2, 0.25) is 0 Å². The molecular formula is C19H20ClN5O. The number of aromatic nitrogens is 2. The number of phenolic OH excluding ortho intramolecular Hbond substituents is 1. The van der Waals surface area contributed by atoms with Gasteiger partial charge in [-0.1, -0.05) is 24.3 Å². The van der Waals surface area contributed by atoms with Crippen molar-refractivity contribution < 1.29 is 5.11 Å². The maximum absolute atomic E-state index is 9.79.